The number of methoxy groups -OCH3 is 2. The fourth-order valence-electron chi connectivity index (χ4n) is 12.9. The third-order valence-corrected chi connectivity index (χ3v) is 21.5. The summed E-state index contributed by atoms with van der Waals surface area (Å²) < 4.78 is 18.5. The number of pyridine rings is 5. The first-order valence-electron chi connectivity index (χ1n) is 39.1. The van der Waals surface area contributed by atoms with Gasteiger partial charge in [-0.15, -0.1) is 22.7 Å². The topological polar surface area (TPSA) is 557 Å². The molecule has 0 unspecified atom stereocenters. The van der Waals surface area contributed by atoms with Gasteiger partial charge in [-0.1, -0.05) is 6.42 Å². The van der Waals surface area contributed by atoms with E-state index in [2.05, 4.69) is 76.8 Å². The van der Waals surface area contributed by atoms with E-state index < -0.39 is 47.3 Å². The van der Waals surface area contributed by atoms with Crippen molar-refractivity contribution in [3.63, 3.8) is 0 Å². The molecule has 0 saturated carbocycles. The maximum absolute atomic E-state index is 13.6. The molecule has 0 radical (unpaired) electrons. The van der Waals surface area contributed by atoms with Crippen LogP contribution in [0.15, 0.2) is 165 Å². The molecule has 0 bridgehead atoms. The minimum atomic E-state index is -1.22. The normalized spacial score (nSPS) is 14.3. The van der Waals surface area contributed by atoms with Gasteiger partial charge in [-0.25, -0.2) is 9.59 Å². The van der Waals surface area contributed by atoms with Crippen LogP contribution in [-0.4, -0.2) is 240 Å². The number of carboxylic acid groups (broad SMARTS) is 1. The largest absolute Gasteiger partial charge is 0.497 e. The lowest BCUT2D eigenvalue weighted by Gasteiger charge is -2.36. The number of rotatable bonds is 15. The van der Waals surface area contributed by atoms with Crippen molar-refractivity contribution < 1.29 is 58.3 Å². The van der Waals surface area contributed by atoms with E-state index in [0.29, 0.717) is 85.6 Å². The number of aromatic carboxylic acids is 1. The van der Waals surface area contributed by atoms with Gasteiger partial charge in [0.05, 0.1) is 73.6 Å². The van der Waals surface area contributed by atoms with Gasteiger partial charge in [0.2, 0.25) is 0 Å². The average molecular weight is 1840 g/mol. The van der Waals surface area contributed by atoms with Crippen LogP contribution in [0.3, 0.4) is 0 Å². The van der Waals surface area contributed by atoms with Crippen LogP contribution in [0, 0.1) is 50.6 Å². The predicted molar refractivity (Wildman–Crippen MR) is 477 cm³/mol. The van der Waals surface area contributed by atoms with Gasteiger partial charge in [-0.3, -0.25) is 14.4 Å². The Balaban J connectivity index is 0.000000162. The summed E-state index contributed by atoms with van der Waals surface area (Å²) in [5.74, 6) is -1.01. The van der Waals surface area contributed by atoms with Crippen LogP contribution >= 0.6 is 38.6 Å². The summed E-state index contributed by atoms with van der Waals surface area (Å²) >= 11 is 5.42. The van der Waals surface area contributed by atoms with E-state index in [-0.39, 0.29) is 73.6 Å². The molecule has 5 fully saturated rings. The third-order valence-electron chi connectivity index (χ3n) is 19.4. The molecule has 2 aromatic carbocycles. The molecule has 47 heteroatoms. The molecule has 2 amide bonds. The fraction of sp³-hybridized carbons (Fsp3) is 0.342. The number of carbonyl (C=O) groups is 3. The Bertz CT molecular complexity index is 5610. The lowest BCUT2D eigenvalue weighted by atomic mass is 10.2. The Morgan fingerprint density at radius 1 is 0.437 bits per heavy atom. The summed E-state index contributed by atoms with van der Waals surface area (Å²) in [4.78, 5) is 143. The Kier molecular flexibility index (Phi) is 33.4. The molecule has 0 aliphatic carbocycles. The number of ether oxygens (including phenoxy) is 3. The number of halogens is 1. The number of nitrogens with two attached hydrogens (primary N) is 2. The Labute approximate surface area is 734 Å². The van der Waals surface area contributed by atoms with Gasteiger partial charge < -0.3 is 127 Å². The highest BCUT2D eigenvalue weighted by molar-refractivity contribution is 9.10. The summed E-state index contributed by atoms with van der Waals surface area (Å²) in [6.07, 6.45) is 11.4. The molecule has 5 aliphatic heterocycles. The highest BCUT2D eigenvalue weighted by Crippen LogP contribution is 2.32. The van der Waals surface area contributed by atoms with Crippen molar-refractivity contribution in [2.24, 2.45) is 0 Å². The van der Waals surface area contributed by atoms with Gasteiger partial charge >= 0.3 is 41.2 Å². The average Bonchev–Trinajstić information content (AvgIpc) is 1.56. The van der Waals surface area contributed by atoms with E-state index in [4.69, 9.17) is 25.7 Å². The lowest BCUT2D eigenvalue weighted by molar-refractivity contribution is -0.389. The van der Waals surface area contributed by atoms with Gasteiger partial charge in [0.15, 0.2) is 42.4 Å². The number of hydrogen-bond acceptors (Lipinski definition) is 36. The van der Waals surface area contributed by atoms with Crippen molar-refractivity contribution in [3.8, 4) is 22.9 Å². The standard InChI is InChI=1S/C23H21N7O5S.C14H20N4O4.C14H11N3O4S.2C9H12N4O2.C5H3BrN2O2.C5H11N/c1-35-16-5-2-14(3-6-16)29-22(31)19-17(13-36-21(19)24)20(26-29)23(32)28-10-8-27(9-11-28)15-4-7-18(25-12-15)30(33)34;1-14(2,3)22-13(19)17-8-6-16(7-9-17)11-4-5-12(15-10-11)18(20)21;1-21-8-4-2-7(3-5-8)17-13(18)10-9(6-22-12(10)15)11(16-17)14(19)20;2*14-13(15)9-2-1-8(7-11-9)12-5-3-10-4-6-12;6-4-1-2-5(7-3-4)8(9)10;1-2-4-6-5-3-1/h2-7,12-13H,8-11,24H2,1H3;4-5,10H,6-9H2,1-3H3;2-6H,15H2,1H3,(H,19,20);2*1-2,7,10H,3-6H2;1-3H;6H,1-5H2. The van der Waals surface area contributed by atoms with Gasteiger partial charge in [-0.2, -0.15) is 19.6 Å². The number of amides is 2. The van der Waals surface area contributed by atoms with Crippen molar-refractivity contribution in [1.29, 1.82) is 0 Å². The number of thiophene rings is 2. The molecule has 16 rings (SSSR count). The molecule has 0 atom stereocenters. The van der Waals surface area contributed by atoms with Crippen LogP contribution in [-0.2, 0) is 4.74 Å². The molecule has 664 valence electrons. The fourth-order valence-corrected chi connectivity index (χ4v) is 14.7. The van der Waals surface area contributed by atoms with Crippen molar-refractivity contribution >= 4 is 140 Å². The summed E-state index contributed by atoms with van der Waals surface area (Å²) in [5, 5.41) is 84.7. The minimum Gasteiger partial charge on any atom is -0.497 e. The van der Waals surface area contributed by atoms with Crippen LogP contribution in [0.4, 0.5) is 66.6 Å². The smallest absolute Gasteiger partial charge is 0.410 e. The number of carbonyl (C=O) groups excluding carboxylic acids is 2. The highest BCUT2D eigenvalue weighted by Gasteiger charge is 2.31. The first kappa shape index (κ1) is 94.1. The second kappa shape index (κ2) is 44.8. The van der Waals surface area contributed by atoms with E-state index in [1.54, 1.807) is 114 Å². The second-order valence-corrected chi connectivity index (χ2v) is 31.5. The van der Waals surface area contributed by atoms with Crippen LogP contribution in [0.5, 0.6) is 11.5 Å². The molecule has 8 N–H and O–H groups in total. The molecule has 5 aliphatic rings. The number of nitro groups is 5. The number of piperidine rings is 1. The zero-order chi connectivity index (χ0) is 90.7. The number of carboxylic acids is 1. The molecule has 14 heterocycles. The Morgan fingerprint density at radius 3 is 1.05 bits per heavy atom. The van der Waals surface area contributed by atoms with Gasteiger partial charge in [-0.05, 0) is 191 Å². The molecule has 44 nitrogen and oxygen atoms in total. The predicted octanol–water partition coefficient (Wildman–Crippen LogP) is 9.40. The van der Waals surface area contributed by atoms with Gasteiger partial charge in [0, 0.05) is 157 Å². The second-order valence-electron chi connectivity index (χ2n) is 28.7. The first-order chi connectivity index (χ1) is 60.4. The summed E-state index contributed by atoms with van der Waals surface area (Å²) in [6, 6.07) is 28.7. The first-order valence-corrected chi connectivity index (χ1v) is 41.6. The number of aromatic nitrogens is 9. The molecule has 11 aromatic rings. The third kappa shape index (κ3) is 25.7. The van der Waals surface area contributed by atoms with E-state index >= 15 is 0 Å². The molecule has 5 saturated heterocycles. The molecular weight excluding hydrogens is 1750 g/mol. The lowest BCUT2D eigenvalue weighted by Crippen LogP contribution is -2.50. The minimum absolute atomic E-state index is 0.103. The van der Waals surface area contributed by atoms with Crippen LogP contribution in [0.25, 0.3) is 32.9 Å². The van der Waals surface area contributed by atoms with E-state index in [9.17, 15) is 79.7 Å². The number of fused-ring (bicyclic) bond motifs is 2. The van der Waals surface area contributed by atoms with Gasteiger partial charge in [0.1, 0.15) is 17.1 Å². The highest BCUT2D eigenvalue weighted by atomic mass is 79.9. The quantitative estimate of drug-likeness (QED) is 0.0411. The molecule has 126 heavy (non-hydrogen) atoms. The van der Waals surface area contributed by atoms with Gasteiger partial charge in [0.25, 0.3) is 17.0 Å². The maximum Gasteiger partial charge on any atom is 0.410 e. The number of benzene rings is 2. The van der Waals surface area contributed by atoms with Crippen molar-refractivity contribution in [2.75, 3.05) is 163 Å². The van der Waals surface area contributed by atoms with Crippen molar-refractivity contribution in [2.45, 2.75) is 45.6 Å². The zero-order valence-corrected chi connectivity index (χ0v) is 72.1. The monoisotopic (exact) mass is 1840 g/mol. The van der Waals surface area contributed by atoms with Crippen LogP contribution in [0.2, 0.25) is 0 Å². The zero-order valence-electron chi connectivity index (χ0n) is 68.9. The summed E-state index contributed by atoms with van der Waals surface area (Å²) in [5.41, 5.74) is 14.9. The number of nitrogen functional groups attached to an aromatic ring is 2. The Morgan fingerprint density at radius 2 is 0.754 bits per heavy atom. The van der Waals surface area contributed by atoms with Crippen molar-refractivity contribution in [1.82, 2.24) is 70.2 Å². The summed E-state index contributed by atoms with van der Waals surface area (Å²) in [6.45, 7) is 19.6. The van der Waals surface area contributed by atoms with Crippen LogP contribution in [0.1, 0.15) is 61.0 Å². The molecular formula is C79H90BrN25O19S2. The number of nitrogens with zero attached hydrogens (tertiary/aromatic N) is 20. The van der Waals surface area contributed by atoms with Crippen molar-refractivity contribution in [3.05, 3.63) is 238 Å². The van der Waals surface area contributed by atoms with E-state index in [1.807, 2.05) is 30.6 Å². The maximum atomic E-state index is 13.6. The number of hydrogen-bond donors (Lipinski definition) is 6. The molecule has 0 spiro atoms. The number of anilines is 6. The summed E-state index contributed by atoms with van der Waals surface area (Å²) in [7, 11) is 3.08. The van der Waals surface area contributed by atoms with E-state index in [1.165, 1.54) is 110 Å². The Hall–Kier alpha value is -14.2. The SMILES string of the molecule is C1CCNCC1.CC(C)(C)OC(=O)N1CCN(c2ccc([N+](=O)[O-])nc2)CC1.COc1ccc(-n2nc(C(=O)N3CCN(c4ccc([N+](=O)[O-])nc4)CC3)c3csc(N)c3c2=O)cc1.COc1ccc(-n2nc(C(=O)O)c3csc(N)c3c2=O)cc1.O=[N+]([O-])c1ccc(Br)cn1.O=[N+]([O-])c1ccc(N2CCNCC2)cn1.O=[N+]([O-])c1ccc(N2CCNCC2)cn1. The number of nitrogens with one attached hydrogen (secondary N) is 3. The number of piperazine rings is 4. The molecule has 9 aromatic heterocycles. The van der Waals surface area contributed by atoms with E-state index in [0.717, 1.165) is 95.6 Å². The van der Waals surface area contributed by atoms with Crippen LogP contribution < -0.4 is 67.6 Å².